The van der Waals surface area contributed by atoms with Crippen LogP contribution in [0.15, 0.2) is 0 Å². The fourth-order valence-corrected chi connectivity index (χ4v) is 3.93. The summed E-state index contributed by atoms with van der Waals surface area (Å²) in [7, 11) is -3.11. The Morgan fingerprint density at radius 1 is 1.46 bits per heavy atom. The fraction of sp³-hybridized carbons (Fsp3) is 1.00. The van der Waals surface area contributed by atoms with E-state index in [1.165, 1.54) is 0 Å². The Morgan fingerprint density at radius 3 is 2.77 bits per heavy atom. The summed E-state index contributed by atoms with van der Waals surface area (Å²) in [6.45, 7) is 5.63. The Bertz CT molecular complexity index is 299. The maximum atomic E-state index is 11.4. The molecule has 2 aliphatic rings. The van der Waals surface area contributed by atoms with E-state index in [0.29, 0.717) is 24.9 Å². The zero-order valence-corrected chi connectivity index (χ0v) is 8.84. The molecule has 2 saturated heterocycles. The van der Waals surface area contributed by atoms with Gasteiger partial charge in [0.2, 0.25) is 0 Å². The van der Waals surface area contributed by atoms with Crippen LogP contribution in [0.2, 0.25) is 0 Å². The summed E-state index contributed by atoms with van der Waals surface area (Å²) in [5, 5.41) is 0. The Kier molecular flexibility index (Phi) is 2.13. The van der Waals surface area contributed by atoms with Crippen molar-refractivity contribution in [1.82, 2.24) is 9.03 Å². The van der Waals surface area contributed by atoms with Crippen molar-refractivity contribution in [3.8, 4) is 0 Å². The van der Waals surface area contributed by atoms with Gasteiger partial charge in [-0.15, -0.1) is 0 Å². The molecule has 0 saturated carbocycles. The molecule has 2 rings (SSSR count). The minimum Gasteiger partial charge on any atom is -0.200 e. The normalized spacial score (nSPS) is 38.4. The molecule has 4 nitrogen and oxygen atoms in total. The van der Waals surface area contributed by atoms with Crippen molar-refractivity contribution in [1.29, 1.82) is 0 Å². The Balaban J connectivity index is 2.21. The van der Waals surface area contributed by atoms with Crippen LogP contribution in [0.5, 0.6) is 0 Å². The second kappa shape index (κ2) is 2.93. The van der Waals surface area contributed by atoms with Crippen molar-refractivity contribution in [3.63, 3.8) is 0 Å². The first kappa shape index (κ1) is 9.43. The van der Waals surface area contributed by atoms with E-state index in [-0.39, 0.29) is 6.04 Å². The highest BCUT2D eigenvalue weighted by molar-refractivity contribution is 7.87. The number of nitrogens with zero attached hydrogens (tertiary/aromatic N) is 1. The predicted octanol–water partition coefficient (Wildman–Crippen LogP) is 0.181. The van der Waals surface area contributed by atoms with Crippen LogP contribution in [0.25, 0.3) is 0 Å². The molecule has 0 spiro atoms. The van der Waals surface area contributed by atoms with Gasteiger partial charge in [0.15, 0.2) is 0 Å². The summed E-state index contributed by atoms with van der Waals surface area (Å²) in [5.41, 5.74) is 0. The SMILES string of the molecule is CC(C)C1CCN2C1CNS2(=O)=O. The molecule has 76 valence electrons. The maximum absolute atomic E-state index is 11.4. The quantitative estimate of drug-likeness (QED) is 0.662. The molecule has 0 radical (unpaired) electrons. The highest BCUT2D eigenvalue weighted by atomic mass is 32.2. The molecular formula is C8H16N2O2S. The monoisotopic (exact) mass is 204 g/mol. The van der Waals surface area contributed by atoms with E-state index in [2.05, 4.69) is 18.6 Å². The van der Waals surface area contributed by atoms with Crippen LogP contribution in [0, 0.1) is 11.8 Å². The van der Waals surface area contributed by atoms with Gasteiger partial charge in [-0.25, -0.2) is 4.72 Å². The summed E-state index contributed by atoms with van der Waals surface area (Å²) in [5.74, 6) is 1.11. The number of fused-ring (bicyclic) bond motifs is 1. The van der Waals surface area contributed by atoms with Gasteiger partial charge in [0.1, 0.15) is 0 Å². The van der Waals surface area contributed by atoms with E-state index in [1.807, 2.05) is 0 Å². The van der Waals surface area contributed by atoms with Crippen LogP contribution in [0.4, 0.5) is 0 Å². The Hall–Kier alpha value is -0.130. The molecule has 0 bridgehead atoms. The molecule has 0 aromatic carbocycles. The molecule has 0 aliphatic carbocycles. The van der Waals surface area contributed by atoms with Crippen molar-refractivity contribution in [2.45, 2.75) is 26.3 Å². The van der Waals surface area contributed by atoms with Gasteiger partial charge in [0.05, 0.1) is 0 Å². The minimum atomic E-state index is -3.11. The lowest BCUT2D eigenvalue weighted by molar-refractivity contribution is 0.307. The van der Waals surface area contributed by atoms with Crippen LogP contribution < -0.4 is 4.72 Å². The second-order valence-corrected chi connectivity index (χ2v) is 5.94. The van der Waals surface area contributed by atoms with Crippen molar-refractivity contribution >= 4 is 10.2 Å². The number of hydrogen-bond acceptors (Lipinski definition) is 2. The molecule has 2 unspecified atom stereocenters. The summed E-state index contributed by atoms with van der Waals surface area (Å²) in [4.78, 5) is 0. The molecule has 0 amide bonds. The molecule has 2 heterocycles. The van der Waals surface area contributed by atoms with Crippen molar-refractivity contribution < 1.29 is 8.42 Å². The van der Waals surface area contributed by atoms with Gasteiger partial charge in [-0.2, -0.15) is 12.7 Å². The van der Waals surface area contributed by atoms with E-state index in [4.69, 9.17) is 0 Å². The van der Waals surface area contributed by atoms with Gasteiger partial charge in [-0.05, 0) is 18.3 Å². The van der Waals surface area contributed by atoms with Crippen LogP contribution in [0.3, 0.4) is 0 Å². The number of nitrogens with one attached hydrogen (secondary N) is 1. The predicted molar refractivity (Wildman–Crippen MR) is 50.4 cm³/mol. The fourth-order valence-electron chi connectivity index (χ4n) is 2.45. The van der Waals surface area contributed by atoms with Crippen LogP contribution >= 0.6 is 0 Å². The largest absolute Gasteiger partial charge is 0.279 e. The Morgan fingerprint density at radius 2 is 2.15 bits per heavy atom. The van der Waals surface area contributed by atoms with E-state index in [0.717, 1.165) is 6.42 Å². The molecule has 0 aromatic heterocycles. The molecular weight excluding hydrogens is 188 g/mol. The average Bonchev–Trinajstić information content (AvgIpc) is 2.52. The lowest BCUT2D eigenvalue weighted by Crippen LogP contribution is -2.32. The molecule has 2 atom stereocenters. The summed E-state index contributed by atoms with van der Waals surface area (Å²) < 4.78 is 27.1. The first-order valence-electron chi connectivity index (χ1n) is 4.79. The van der Waals surface area contributed by atoms with Crippen LogP contribution in [-0.4, -0.2) is 31.9 Å². The first-order chi connectivity index (χ1) is 6.02. The molecule has 0 aromatic rings. The van der Waals surface area contributed by atoms with Crippen molar-refractivity contribution in [2.24, 2.45) is 11.8 Å². The van der Waals surface area contributed by atoms with E-state index in [1.54, 1.807) is 4.31 Å². The van der Waals surface area contributed by atoms with Crippen LogP contribution in [-0.2, 0) is 10.2 Å². The summed E-state index contributed by atoms with van der Waals surface area (Å²) in [6.07, 6.45) is 1.02. The van der Waals surface area contributed by atoms with Crippen molar-refractivity contribution in [3.05, 3.63) is 0 Å². The standard InChI is InChI=1S/C8H16N2O2S/c1-6(2)7-3-4-10-8(7)5-9-13(10,11)12/h6-9H,3-5H2,1-2H3. The smallest absolute Gasteiger partial charge is 0.200 e. The third-order valence-electron chi connectivity index (χ3n) is 3.19. The Labute approximate surface area is 79.5 Å². The van der Waals surface area contributed by atoms with E-state index in [9.17, 15) is 8.42 Å². The van der Waals surface area contributed by atoms with Gasteiger partial charge < -0.3 is 0 Å². The van der Waals surface area contributed by atoms with Gasteiger partial charge in [0, 0.05) is 19.1 Å². The van der Waals surface area contributed by atoms with Gasteiger partial charge in [-0.3, -0.25) is 0 Å². The van der Waals surface area contributed by atoms with Gasteiger partial charge in [0.25, 0.3) is 10.2 Å². The lowest BCUT2D eigenvalue weighted by Gasteiger charge is -2.20. The highest BCUT2D eigenvalue weighted by Crippen LogP contribution is 2.34. The molecule has 13 heavy (non-hydrogen) atoms. The first-order valence-corrected chi connectivity index (χ1v) is 6.23. The summed E-state index contributed by atoms with van der Waals surface area (Å²) >= 11 is 0. The third-order valence-corrected chi connectivity index (χ3v) is 4.79. The van der Waals surface area contributed by atoms with Crippen molar-refractivity contribution in [2.75, 3.05) is 13.1 Å². The second-order valence-electron chi connectivity index (χ2n) is 4.23. The van der Waals surface area contributed by atoms with Gasteiger partial charge in [-0.1, -0.05) is 13.8 Å². The minimum absolute atomic E-state index is 0.213. The van der Waals surface area contributed by atoms with Gasteiger partial charge >= 0.3 is 0 Å². The zero-order chi connectivity index (χ0) is 9.64. The zero-order valence-electron chi connectivity index (χ0n) is 8.03. The molecule has 2 fully saturated rings. The lowest BCUT2D eigenvalue weighted by atomic mass is 9.89. The highest BCUT2D eigenvalue weighted by Gasteiger charge is 2.46. The third kappa shape index (κ3) is 1.39. The molecule has 5 heteroatoms. The topological polar surface area (TPSA) is 49.4 Å². The average molecular weight is 204 g/mol. The molecule has 1 N–H and O–H groups in total. The molecule has 2 aliphatic heterocycles. The van der Waals surface area contributed by atoms with E-state index >= 15 is 0 Å². The number of rotatable bonds is 1. The summed E-state index contributed by atoms with van der Waals surface area (Å²) in [6, 6.07) is 0.213. The van der Waals surface area contributed by atoms with Crippen LogP contribution in [0.1, 0.15) is 20.3 Å². The number of hydrogen-bond donors (Lipinski definition) is 1. The maximum Gasteiger partial charge on any atom is 0.279 e. The van der Waals surface area contributed by atoms with E-state index < -0.39 is 10.2 Å².